The van der Waals surface area contributed by atoms with Gasteiger partial charge in [0, 0.05) is 30.3 Å². The van der Waals surface area contributed by atoms with E-state index in [4.69, 9.17) is 10.5 Å². The summed E-state index contributed by atoms with van der Waals surface area (Å²) in [6, 6.07) is 6.71. The summed E-state index contributed by atoms with van der Waals surface area (Å²) in [4.78, 5) is 37.4. The number of primary amides is 1. The fraction of sp³-hybridized carbons (Fsp3) is 0.500. The van der Waals surface area contributed by atoms with Gasteiger partial charge in [0.05, 0.1) is 0 Å². The first-order valence-electron chi connectivity index (χ1n) is 8.34. The Morgan fingerprint density at radius 2 is 1.84 bits per heavy atom. The van der Waals surface area contributed by atoms with Gasteiger partial charge in [-0.15, -0.1) is 0 Å². The van der Waals surface area contributed by atoms with Crippen LogP contribution < -0.4 is 11.1 Å². The highest BCUT2D eigenvalue weighted by Gasteiger charge is 2.26. The topological polar surface area (TPSA) is 102 Å². The number of nitrogens with two attached hydrogens (primary N) is 1. The van der Waals surface area contributed by atoms with Gasteiger partial charge in [-0.25, -0.2) is 4.79 Å². The lowest BCUT2D eigenvalue weighted by atomic mass is 9.96. The van der Waals surface area contributed by atoms with Crippen LogP contribution in [0.3, 0.4) is 0 Å². The standard InChI is InChI=1S/C18H25N3O4/c1-18(2,3)25-17(24)20-14-6-4-5-13(11-14)16(23)21-9-7-12(8-10-21)15(19)22/h4-6,11-12H,7-10H2,1-3H3,(H2,19,22)(H,20,24). The first kappa shape index (κ1) is 18.8. The number of rotatable bonds is 3. The molecular weight excluding hydrogens is 322 g/mol. The molecule has 2 rings (SSSR count). The van der Waals surface area contributed by atoms with Gasteiger partial charge in [-0.05, 0) is 51.8 Å². The molecule has 1 aliphatic heterocycles. The number of nitrogens with one attached hydrogen (secondary N) is 1. The van der Waals surface area contributed by atoms with Crippen molar-refractivity contribution in [1.82, 2.24) is 4.90 Å². The van der Waals surface area contributed by atoms with Crippen LogP contribution in [-0.2, 0) is 9.53 Å². The maximum Gasteiger partial charge on any atom is 0.412 e. The van der Waals surface area contributed by atoms with Crippen molar-refractivity contribution in [1.29, 1.82) is 0 Å². The minimum Gasteiger partial charge on any atom is -0.444 e. The summed E-state index contributed by atoms with van der Waals surface area (Å²) in [6.45, 7) is 6.33. The van der Waals surface area contributed by atoms with E-state index in [1.165, 1.54) is 0 Å². The van der Waals surface area contributed by atoms with Crippen LogP contribution in [0.15, 0.2) is 24.3 Å². The Morgan fingerprint density at radius 3 is 2.40 bits per heavy atom. The molecule has 7 heteroatoms. The Bertz CT molecular complexity index is 659. The summed E-state index contributed by atoms with van der Waals surface area (Å²) in [7, 11) is 0. The quantitative estimate of drug-likeness (QED) is 0.876. The summed E-state index contributed by atoms with van der Waals surface area (Å²) in [6.07, 6.45) is 0.591. The monoisotopic (exact) mass is 347 g/mol. The Labute approximate surface area is 147 Å². The molecule has 25 heavy (non-hydrogen) atoms. The third kappa shape index (κ3) is 5.48. The summed E-state index contributed by atoms with van der Waals surface area (Å²) in [5.74, 6) is -0.601. The average Bonchev–Trinajstić information content (AvgIpc) is 2.52. The van der Waals surface area contributed by atoms with Gasteiger partial charge in [-0.3, -0.25) is 14.9 Å². The van der Waals surface area contributed by atoms with Crippen LogP contribution in [0.4, 0.5) is 10.5 Å². The molecule has 1 heterocycles. The zero-order valence-electron chi connectivity index (χ0n) is 14.9. The lowest BCUT2D eigenvalue weighted by Crippen LogP contribution is -2.41. The molecule has 136 valence electrons. The van der Waals surface area contributed by atoms with Crippen molar-refractivity contribution in [2.75, 3.05) is 18.4 Å². The van der Waals surface area contributed by atoms with E-state index >= 15 is 0 Å². The number of benzene rings is 1. The highest BCUT2D eigenvalue weighted by Crippen LogP contribution is 2.20. The van der Waals surface area contributed by atoms with Crippen molar-refractivity contribution in [2.24, 2.45) is 11.7 Å². The number of nitrogens with zero attached hydrogens (tertiary/aromatic N) is 1. The summed E-state index contributed by atoms with van der Waals surface area (Å²) in [5.41, 5.74) is 5.69. The molecule has 7 nitrogen and oxygen atoms in total. The number of hydrogen-bond donors (Lipinski definition) is 2. The van der Waals surface area contributed by atoms with Crippen molar-refractivity contribution in [3.05, 3.63) is 29.8 Å². The molecule has 0 radical (unpaired) electrons. The molecule has 0 saturated carbocycles. The molecule has 1 aromatic carbocycles. The number of piperidine rings is 1. The highest BCUT2D eigenvalue weighted by atomic mass is 16.6. The Balaban J connectivity index is 2.00. The van der Waals surface area contributed by atoms with E-state index in [0.29, 0.717) is 37.2 Å². The largest absolute Gasteiger partial charge is 0.444 e. The van der Waals surface area contributed by atoms with E-state index in [2.05, 4.69) is 5.32 Å². The van der Waals surface area contributed by atoms with Gasteiger partial charge in [0.25, 0.3) is 5.91 Å². The van der Waals surface area contributed by atoms with Crippen molar-refractivity contribution in [3.8, 4) is 0 Å². The Kier molecular flexibility index (Phi) is 5.66. The van der Waals surface area contributed by atoms with Crippen molar-refractivity contribution < 1.29 is 19.1 Å². The first-order chi connectivity index (χ1) is 11.7. The van der Waals surface area contributed by atoms with Crippen molar-refractivity contribution in [2.45, 2.75) is 39.2 Å². The summed E-state index contributed by atoms with van der Waals surface area (Å²) < 4.78 is 5.20. The number of carbonyl (C=O) groups excluding carboxylic acids is 3. The van der Waals surface area contributed by atoms with Gasteiger partial charge < -0.3 is 15.4 Å². The number of likely N-dealkylation sites (tertiary alicyclic amines) is 1. The molecular formula is C18H25N3O4. The van der Waals surface area contributed by atoms with Gasteiger partial charge in [0.15, 0.2) is 0 Å². The van der Waals surface area contributed by atoms with Gasteiger partial charge in [-0.2, -0.15) is 0 Å². The van der Waals surface area contributed by atoms with E-state index < -0.39 is 11.7 Å². The molecule has 0 unspecified atom stereocenters. The van der Waals surface area contributed by atoms with Crippen LogP contribution in [0.5, 0.6) is 0 Å². The molecule has 1 saturated heterocycles. The smallest absolute Gasteiger partial charge is 0.412 e. The van der Waals surface area contributed by atoms with Gasteiger partial charge in [0.2, 0.25) is 5.91 Å². The SMILES string of the molecule is CC(C)(C)OC(=O)Nc1cccc(C(=O)N2CCC(C(N)=O)CC2)c1. The molecule has 1 fully saturated rings. The molecule has 0 aliphatic carbocycles. The molecule has 0 bridgehead atoms. The molecule has 3 amide bonds. The minimum atomic E-state index is -0.595. The summed E-state index contributed by atoms with van der Waals surface area (Å²) in [5, 5.41) is 2.63. The zero-order chi connectivity index (χ0) is 18.6. The van der Waals surface area contributed by atoms with Crippen LogP contribution >= 0.6 is 0 Å². The third-order valence-electron chi connectivity index (χ3n) is 3.94. The molecule has 1 aromatic rings. The van der Waals surface area contributed by atoms with Crippen LogP contribution in [0.2, 0.25) is 0 Å². The fourth-order valence-electron chi connectivity index (χ4n) is 2.70. The second-order valence-corrected chi connectivity index (χ2v) is 7.18. The molecule has 1 aliphatic rings. The second kappa shape index (κ2) is 7.55. The number of amides is 3. The average molecular weight is 347 g/mol. The lowest BCUT2D eigenvalue weighted by molar-refractivity contribution is -0.123. The number of anilines is 1. The van der Waals surface area contributed by atoms with Gasteiger partial charge in [0.1, 0.15) is 5.60 Å². The maximum atomic E-state index is 12.6. The normalized spacial score (nSPS) is 15.6. The van der Waals surface area contributed by atoms with E-state index in [0.717, 1.165) is 0 Å². The maximum absolute atomic E-state index is 12.6. The van der Waals surface area contributed by atoms with Crippen LogP contribution in [0.1, 0.15) is 44.0 Å². The van der Waals surface area contributed by atoms with E-state index in [1.807, 2.05) is 0 Å². The van der Waals surface area contributed by atoms with E-state index in [9.17, 15) is 14.4 Å². The van der Waals surface area contributed by atoms with Crippen LogP contribution in [-0.4, -0.2) is 41.5 Å². The van der Waals surface area contributed by atoms with Crippen molar-refractivity contribution >= 4 is 23.6 Å². The predicted octanol–water partition coefficient (Wildman–Crippen LogP) is 2.37. The van der Waals surface area contributed by atoms with Gasteiger partial charge in [-0.1, -0.05) is 6.07 Å². The first-order valence-corrected chi connectivity index (χ1v) is 8.34. The Morgan fingerprint density at radius 1 is 1.20 bits per heavy atom. The van der Waals surface area contributed by atoms with E-state index in [-0.39, 0.29) is 17.7 Å². The number of carbonyl (C=O) groups is 3. The molecule has 0 aromatic heterocycles. The minimum absolute atomic E-state index is 0.129. The Hall–Kier alpha value is -2.57. The van der Waals surface area contributed by atoms with Gasteiger partial charge >= 0.3 is 6.09 Å². The fourth-order valence-corrected chi connectivity index (χ4v) is 2.70. The molecule has 0 atom stereocenters. The predicted molar refractivity (Wildman–Crippen MR) is 94.1 cm³/mol. The van der Waals surface area contributed by atoms with Crippen LogP contribution in [0.25, 0.3) is 0 Å². The zero-order valence-corrected chi connectivity index (χ0v) is 14.9. The van der Waals surface area contributed by atoms with Crippen LogP contribution in [0, 0.1) is 5.92 Å². The third-order valence-corrected chi connectivity index (χ3v) is 3.94. The highest BCUT2D eigenvalue weighted by molar-refractivity contribution is 5.96. The van der Waals surface area contributed by atoms with Crippen molar-refractivity contribution in [3.63, 3.8) is 0 Å². The number of hydrogen-bond acceptors (Lipinski definition) is 4. The summed E-state index contributed by atoms with van der Waals surface area (Å²) >= 11 is 0. The number of ether oxygens (including phenoxy) is 1. The second-order valence-electron chi connectivity index (χ2n) is 7.18. The lowest BCUT2D eigenvalue weighted by Gasteiger charge is -2.30. The molecule has 3 N–H and O–H groups in total. The van der Waals surface area contributed by atoms with E-state index in [1.54, 1.807) is 49.9 Å². The molecule has 0 spiro atoms.